The van der Waals surface area contributed by atoms with E-state index in [1.807, 2.05) is 24.3 Å². The molecule has 170 valence electrons. The van der Waals surface area contributed by atoms with Crippen LogP contribution in [-0.4, -0.2) is 26.6 Å². The second-order valence-corrected chi connectivity index (χ2v) is 11.7. The first kappa shape index (κ1) is 22.7. The zero-order valence-electron chi connectivity index (χ0n) is 18.7. The number of nitrogens with one attached hydrogen (secondary N) is 1. The summed E-state index contributed by atoms with van der Waals surface area (Å²) in [5.74, 6) is 0.816. The number of amides is 1. The fourth-order valence-corrected chi connectivity index (χ4v) is 6.76. The second-order valence-electron chi connectivity index (χ2n) is 8.80. The molecule has 0 saturated heterocycles. The number of pyridine rings is 1. The van der Waals surface area contributed by atoms with Crippen LogP contribution in [-0.2, 0) is 24.1 Å². The van der Waals surface area contributed by atoms with E-state index in [2.05, 4.69) is 45.1 Å². The Morgan fingerprint density at radius 3 is 2.67 bits per heavy atom. The van der Waals surface area contributed by atoms with E-state index in [0.717, 1.165) is 49.5 Å². The molecule has 0 aliphatic heterocycles. The minimum Gasteiger partial charge on any atom is -0.325 e. The molecule has 4 aromatic rings. The van der Waals surface area contributed by atoms with Crippen LogP contribution in [0, 0.1) is 5.92 Å². The van der Waals surface area contributed by atoms with Crippen molar-refractivity contribution < 1.29 is 4.79 Å². The van der Waals surface area contributed by atoms with Gasteiger partial charge in [-0.15, -0.1) is 11.3 Å². The van der Waals surface area contributed by atoms with Gasteiger partial charge in [0.15, 0.2) is 0 Å². The van der Waals surface area contributed by atoms with E-state index in [0.29, 0.717) is 11.7 Å². The third-order valence-electron chi connectivity index (χ3n) is 5.84. The maximum atomic E-state index is 12.5. The number of carbonyl (C=O) groups excluding carboxylic acids is 1. The second kappa shape index (κ2) is 9.68. The van der Waals surface area contributed by atoms with E-state index in [1.54, 1.807) is 17.7 Å². The van der Waals surface area contributed by atoms with Crippen LogP contribution in [0.2, 0.25) is 0 Å². The highest BCUT2D eigenvalue weighted by Gasteiger charge is 2.23. The summed E-state index contributed by atoms with van der Waals surface area (Å²) in [4.78, 5) is 27.9. The molecular formula is C25H25BrN4OS2. The number of benzene rings is 1. The number of carbonyl (C=O) groups is 1. The van der Waals surface area contributed by atoms with Gasteiger partial charge in [0, 0.05) is 21.2 Å². The van der Waals surface area contributed by atoms with Gasteiger partial charge in [-0.3, -0.25) is 4.79 Å². The number of thioether (sulfide) groups is 1. The summed E-state index contributed by atoms with van der Waals surface area (Å²) in [5.41, 5.74) is 5.92. The number of nitrogens with zero attached hydrogens (tertiary/aromatic N) is 3. The molecule has 3 heterocycles. The van der Waals surface area contributed by atoms with Gasteiger partial charge in [0.2, 0.25) is 5.91 Å². The Morgan fingerprint density at radius 2 is 1.91 bits per heavy atom. The molecule has 0 spiro atoms. The Balaban J connectivity index is 1.46. The van der Waals surface area contributed by atoms with Gasteiger partial charge in [0.1, 0.15) is 16.2 Å². The highest BCUT2D eigenvalue weighted by Crippen LogP contribution is 2.41. The van der Waals surface area contributed by atoms with Crippen molar-refractivity contribution in [2.45, 2.75) is 51.0 Å². The summed E-state index contributed by atoms with van der Waals surface area (Å²) >= 11 is 6.54. The fourth-order valence-electron chi connectivity index (χ4n) is 4.44. The van der Waals surface area contributed by atoms with Gasteiger partial charge in [-0.25, -0.2) is 15.0 Å². The van der Waals surface area contributed by atoms with Gasteiger partial charge >= 0.3 is 0 Å². The molecule has 1 aromatic carbocycles. The number of aryl methyl sites for hydroxylation is 1. The van der Waals surface area contributed by atoms with Crippen molar-refractivity contribution in [3.05, 3.63) is 51.9 Å². The largest absolute Gasteiger partial charge is 0.325 e. The Kier molecular flexibility index (Phi) is 6.67. The average molecular weight is 542 g/mol. The highest BCUT2D eigenvalue weighted by atomic mass is 79.9. The van der Waals surface area contributed by atoms with Crippen LogP contribution in [0.5, 0.6) is 0 Å². The summed E-state index contributed by atoms with van der Waals surface area (Å²) < 4.78 is 2.02. The van der Waals surface area contributed by atoms with Gasteiger partial charge in [-0.05, 0) is 73.4 Å². The van der Waals surface area contributed by atoms with Crippen LogP contribution in [0.25, 0.3) is 20.4 Å². The molecule has 5 nitrogen and oxygen atoms in total. The van der Waals surface area contributed by atoms with Crippen LogP contribution >= 0.6 is 39.0 Å². The van der Waals surface area contributed by atoms with Gasteiger partial charge < -0.3 is 5.32 Å². The van der Waals surface area contributed by atoms with Crippen LogP contribution in [0.15, 0.2) is 40.1 Å². The lowest BCUT2D eigenvalue weighted by atomic mass is 9.87. The van der Waals surface area contributed by atoms with E-state index < -0.39 is 0 Å². The number of halogens is 1. The lowest BCUT2D eigenvalue weighted by molar-refractivity contribution is -0.113. The molecule has 0 saturated carbocycles. The summed E-state index contributed by atoms with van der Waals surface area (Å²) in [6.07, 6.45) is 7.29. The molecule has 1 aliphatic rings. The van der Waals surface area contributed by atoms with Crippen LogP contribution < -0.4 is 5.32 Å². The van der Waals surface area contributed by atoms with E-state index in [1.165, 1.54) is 46.8 Å². The molecule has 1 N–H and O–H groups in total. The normalized spacial score (nSPS) is 13.6. The lowest BCUT2D eigenvalue weighted by Gasteiger charge is -2.20. The molecule has 5 rings (SSSR count). The molecule has 1 aliphatic carbocycles. The molecule has 0 unspecified atom stereocenters. The minimum atomic E-state index is -0.0510. The number of rotatable bonds is 6. The molecule has 3 aromatic heterocycles. The Bertz CT molecular complexity index is 1330. The van der Waals surface area contributed by atoms with E-state index in [9.17, 15) is 4.79 Å². The summed E-state index contributed by atoms with van der Waals surface area (Å²) in [6, 6.07) is 7.58. The maximum absolute atomic E-state index is 12.5. The van der Waals surface area contributed by atoms with Crippen LogP contribution in [0.4, 0.5) is 5.69 Å². The molecule has 1 amide bonds. The minimum absolute atomic E-state index is 0.0510. The van der Waals surface area contributed by atoms with Crippen molar-refractivity contribution in [2.24, 2.45) is 5.92 Å². The average Bonchev–Trinajstić information content (AvgIpc) is 3.18. The summed E-state index contributed by atoms with van der Waals surface area (Å²) in [5, 5.41) is 5.01. The third-order valence-corrected chi connectivity index (χ3v) is 8.57. The number of fused-ring (bicyclic) bond motifs is 5. The number of hydrogen-bond donors (Lipinski definition) is 1. The fraction of sp³-hybridized carbons (Fsp3) is 0.360. The monoisotopic (exact) mass is 540 g/mol. The molecule has 0 fully saturated rings. The smallest absolute Gasteiger partial charge is 0.234 e. The molecule has 8 heteroatoms. The summed E-state index contributed by atoms with van der Waals surface area (Å²) in [6.45, 7) is 4.51. The van der Waals surface area contributed by atoms with Crippen LogP contribution in [0.3, 0.4) is 0 Å². The van der Waals surface area contributed by atoms with Crippen molar-refractivity contribution in [3.8, 4) is 0 Å². The molecule has 0 atom stereocenters. The highest BCUT2D eigenvalue weighted by molar-refractivity contribution is 9.10. The van der Waals surface area contributed by atoms with Crippen molar-refractivity contribution in [2.75, 3.05) is 11.1 Å². The van der Waals surface area contributed by atoms with Gasteiger partial charge in [-0.1, -0.05) is 41.5 Å². The van der Waals surface area contributed by atoms with Gasteiger partial charge in [-0.2, -0.15) is 0 Å². The molecule has 0 bridgehead atoms. The molecular weight excluding hydrogens is 516 g/mol. The van der Waals surface area contributed by atoms with Crippen molar-refractivity contribution in [1.29, 1.82) is 0 Å². The van der Waals surface area contributed by atoms with Crippen LogP contribution in [0.1, 0.15) is 43.5 Å². The number of thiophene rings is 1. The van der Waals surface area contributed by atoms with Gasteiger partial charge in [0.25, 0.3) is 0 Å². The van der Waals surface area contributed by atoms with E-state index in [4.69, 9.17) is 4.98 Å². The SMILES string of the molecule is CC(C)Cc1nc2sc3c(SCC(=O)Nc4ccc(Br)cc4)ncnc3c2c2c1CCCC2. The standard InChI is InChI=1S/C25H25BrN4OS2/c1-14(2)11-19-17-5-3-4-6-18(17)21-22-23(33-24(21)30-19)25(28-13-27-22)32-12-20(31)29-16-9-7-15(26)8-10-16/h7-10,13-14H,3-6,11-12H2,1-2H3,(H,29,31). The predicted octanol–water partition coefficient (Wildman–Crippen LogP) is 6.81. The first-order valence-corrected chi connectivity index (χ1v) is 13.8. The van der Waals surface area contributed by atoms with E-state index in [-0.39, 0.29) is 5.91 Å². The molecule has 33 heavy (non-hydrogen) atoms. The van der Waals surface area contributed by atoms with Gasteiger partial charge in [0.05, 0.1) is 16.0 Å². The molecule has 0 radical (unpaired) electrons. The number of anilines is 1. The zero-order valence-corrected chi connectivity index (χ0v) is 21.9. The lowest BCUT2D eigenvalue weighted by Crippen LogP contribution is -2.14. The Labute approximate surface area is 209 Å². The first-order valence-electron chi connectivity index (χ1n) is 11.3. The Morgan fingerprint density at radius 1 is 1.15 bits per heavy atom. The van der Waals surface area contributed by atoms with E-state index >= 15 is 0 Å². The maximum Gasteiger partial charge on any atom is 0.234 e. The quantitative estimate of drug-likeness (QED) is 0.215. The number of aromatic nitrogens is 3. The predicted molar refractivity (Wildman–Crippen MR) is 141 cm³/mol. The topological polar surface area (TPSA) is 67.8 Å². The first-order chi connectivity index (χ1) is 16.0. The number of hydrogen-bond acceptors (Lipinski definition) is 6. The van der Waals surface area contributed by atoms with Crippen molar-refractivity contribution in [1.82, 2.24) is 15.0 Å². The van der Waals surface area contributed by atoms with Crippen molar-refractivity contribution >= 4 is 71.1 Å². The zero-order chi connectivity index (χ0) is 22.9. The van der Waals surface area contributed by atoms with Crippen molar-refractivity contribution in [3.63, 3.8) is 0 Å². The third kappa shape index (κ3) is 4.79. The Hall–Kier alpha value is -2.03. The summed E-state index contributed by atoms with van der Waals surface area (Å²) in [7, 11) is 0.